The number of ether oxygens (including phenoxy) is 1. The van der Waals surface area contributed by atoms with Crippen LogP contribution in [0.4, 0.5) is 20.2 Å². The average molecular weight is 410 g/mol. The molecule has 28 heavy (non-hydrogen) atoms. The average Bonchev–Trinajstić information content (AvgIpc) is 3.06. The molecule has 7 nitrogen and oxygen atoms in total. The lowest BCUT2D eigenvalue weighted by atomic mass is 10.1. The van der Waals surface area contributed by atoms with Crippen LogP contribution in [0.15, 0.2) is 36.4 Å². The Balaban J connectivity index is 1.63. The van der Waals surface area contributed by atoms with Crippen LogP contribution in [0.1, 0.15) is 15.9 Å². The second kappa shape index (κ2) is 7.55. The summed E-state index contributed by atoms with van der Waals surface area (Å²) in [6, 6.07) is 6.98. The number of nitrogens with one attached hydrogen (secondary N) is 1. The fourth-order valence-electron chi connectivity index (χ4n) is 2.84. The number of sulfonamides is 1. The molecule has 1 aliphatic rings. The van der Waals surface area contributed by atoms with E-state index < -0.39 is 40.1 Å². The van der Waals surface area contributed by atoms with Crippen molar-refractivity contribution in [2.24, 2.45) is 0 Å². The van der Waals surface area contributed by atoms with E-state index in [1.165, 1.54) is 22.5 Å². The normalized spacial score (nSPS) is 13.2. The molecular formula is C18H16F2N2O5S. The van der Waals surface area contributed by atoms with Crippen molar-refractivity contribution in [1.82, 2.24) is 0 Å². The number of carbonyl (C=O) groups is 2. The molecule has 148 valence electrons. The van der Waals surface area contributed by atoms with Crippen LogP contribution < -0.4 is 9.62 Å². The van der Waals surface area contributed by atoms with Gasteiger partial charge in [0.15, 0.2) is 6.61 Å². The van der Waals surface area contributed by atoms with Gasteiger partial charge in [-0.2, -0.15) is 0 Å². The van der Waals surface area contributed by atoms with E-state index in [1.54, 1.807) is 0 Å². The van der Waals surface area contributed by atoms with Gasteiger partial charge >= 0.3 is 5.97 Å². The molecule has 0 aliphatic carbocycles. The Morgan fingerprint density at radius 3 is 2.64 bits per heavy atom. The van der Waals surface area contributed by atoms with Crippen LogP contribution >= 0.6 is 0 Å². The molecule has 0 atom stereocenters. The summed E-state index contributed by atoms with van der Waals surface area (Å²) in [5, 5.41) is 2.12. The van der Waals surface area contributed by atoms with Crippen LogP contribution in [-0.4, -0.2) is 39.7 Å². The number of nitrogens with zero attached hydrogens (tertiary/aromatic N) is 1. The van der Waals surface area contributed by atoms with E-state index >= 15 is 0 Å². The number of fused-ring (bicyclic) bond motifs is 1. The van der Waals surface area contributed by atoms with E-state index in [0.717, 1.165) is 24.5 Å². The van der Waals surface area contributed by atoms with Gasteiger partial charge in [-0.1, -0.05) is 0 Å². The number of carbonyl (C=O) groups excluding carboxylic acids is 2. The smallest absolute Gasteiger partial charge is 0.338 e. The summed E-state index contributed by atoms with van der Waals surface area (Å²) in [6.45, 7) is -0.407. The molecule has 10 heteroatoms. The Morgan fingerprint density at radius 1 is 1.18 bits per heavy atom. The molecule has 0 fully saturated rings. The molecule has 2 aromatic carbocycles. The lowest BCUT2D eigenvalue weighted by Crippen LogP contribution is -2.27. The van der Waals surface area contributed by atoms with Crippen molar-refractivity contribution in [2.75, 3.05) is 29.0 Å². The third kappa shape index (κ3) is 4.28. The first-order chi connectivity index (χ1) is 13.1. The zero-order valence-electron chi connectivity index (χ0n) is 14.7. The van der Waals surface area contributed by atoms with Gasteiger partial charge in [-0.15, -0.1) is 0 Å². The number of esters is 1. The largest absolute Gasteiger partial charge is 0.452 e. The van der Waals surface area contributed by atoms with E-state index in [1.807, 2.05) is 0 Å². The van der Waals surface area contributed by atoms with E-state index in [9.17, 15) is 26.8 Å². The zero-order valence-corrected chi connectivity index (χ0v) is 15.6. The lowest BCUT2D eigenvalue weighted by Gasteiger charge is -2.16. The van der Waals surface area contributed by atoms with Gasteiger partial charge in [0.2, 0.25) is 10.0 Å². The predicted molar refractivity (Wildman–Crippen MR) is 97.6 cm³/mol. The number of rotatable bonds is 5. The molecule has 0 radical (unpaired) electrons. The molecule has 0 bridgehead atoms. The zero-order chi connectivity index (χ0) is 20.5. The maximum atomic E-state index is 13.5. The second-order valence-corrected chi connectivity index (χ2v) is 8.08. The molecule has 1 aliphatic heterocycles. The van der Waals surface area contributed by atoms with Crippen LogP contribution in [0.3, 0.4) is 0 Å². The molecule has 0 spiro atoms. The van der Waals surface area contributed by atoms with Gasteiger partial charge < -0.3 is 10.1 Å². The number of hydrogen-bond donors (Lipinski definition) is 1. The van der Waals surface area contributed by atoms with Crippen LogP contribution in [0.25, 0.3) is 0 Å². The van der Waals surface area contributed by atoms with Crippen molar-refractivity contribution in [3.8, 4) is 0 Å². The van der Waals surface area contributed by atoms with Crippen molar-refractivity contribution >= 4 is 33.3 Å². The Labute approximate surface area is 160 Å². The number of anilines is 2. The van der Waals surface area contributed by atoms with Crippen molar-refractivity contribution in [1.29, 1.82) is 0 Å². The first kappa shape index (κ1) is 19.7. The monoisotopic (exact) mass is 410 g/mol. The Morgan fingerprint density at radius 2 is 1.93 bits per heavy atom. The van der Waals surface area contributed by atoms with Crippen LogP contribution in [0.5, 0.6) is 0 Å². The van der Waals surface area contributed by atoms with Crippen molar-refractivity contribution in [2.45, 2.75) is 6.42 Å². The fraction of sp³-hybridized carbons (Fsp3) is 0.222. The molecule has 1 N–H and O–H groups in total. The highest BCUT2D eigenvalue weighted by Crippen LogP contribution is 2.30. The van der Waals surface area contributed by atoms with Gasteiger partial charge in [0.05, 0.1) is 23.2 Å². The summed E-state index contributed by atoms with van der Waals surface area (Å²) < 4.78 is 56.2. The van der Waals surface area contributed by atoms with E-state index in [2.05, 4.69) is 5.32 Å². The first-order valence-electron chi connectivity index (χ1n) is 8.18. The van der Waals surface area contributed by atoms with Gasteiger partial charge in [0.25, 0.3) is 5.91 Å². The van der Waals surface area contributed by atoms with Gasteiger partial charge in [-0.3, -0.25) is 9.10 Å². The number of hydrogen-bond acceptors (Lipinski definition) is 5. The standard InChI is InChI=1S/C18H16F2N2O5S/c1-28(25,26)22-7-6-11-8-12(2-5-16(11)22)18(24)27-10-17(23)21-15-9-13(19)3-4-14(15)20/h2-5,8-9H,6-7,10H2,1H3,(H,21,23). The van der Waals surface area contributed by atoms with Crippen LogP contribution in [0.2, 0.25) is 0 Å². The minimum Gasteiger partial charge on any atom is -0.452 e. The van der Waals surface area contributed by atoms with Gasteiger partial charge in [-0.05, 0) is 42.3 Å². The minimum absolute atomic E-state index is 0.152. The fourth-order valence-corrected chi connectivity index (χ4v) is 3.80. The highest BCUT2D eigenvalue weighted by molar-refractivity contribution is 7.92. The highest BCUT2D eigenvalue weighted by atomic mass is 32.2. The van der Waals surface area contributed by atoms with Crippen LogP contribution in [-0.2, 0) is 26.0 Å². The molecule has 0 saturated heterocycles. The van der Waals surface area contributed by atoms with Gasteiger partial charge in [0.1, 0.15) is 11.6 Å². The van der Waals surface area contributed by atoms with E-state index in [-0.39, 0.29) is 17.8 Å². The third-order valence-electron chi connectivity index (χ3n) is 4.11. The van der Waals surface area contributed by atoms with E-state index in [4.69, 9.17) is 4.74 Å². The van der Waals surface area contributed by atoms with E-state index in [0.29, 0.717) is 17.7 Å². The maximum absolute atomic E-state index is 13.5. The van der Waals surface area contributed by atoms with Crippen molar-refractivity contribution in [3.63, 3.8) is 0 Å². The molecule has 0 unspecified atom stereocenters. The van der Waals surface area contributed by atoms with Crippen LogP contribution in [0, 0.1) is 11.6 Å². The molecule has 2 aromatic rings. The number of halogens is 2. The quantitative estimate of drug-likeness (QED) is 0.762. The SMILES string of the molecule is CS(=O)(=O)N1CCc2cc(C(=O)OCC(=O)Nc3cc(F)ccc3F)ccc21. The summed E-state index contributed by atoms with van der Waals surface area (Å²) in [4.78, 5) is 23.9. The Kier molecular flexibility index (Phi) is 5.32. The summed E-state index contributed by atoms with van der Waals surface area (Å²) in [7, 11) is -3.40. The Bertz CT molecular complexity index is 1060. The molecule has 0 saturated carbocycles. The molecular weight excluding hydrogens is 394 g/mol. The molecule has 1 heterocycles. The predicted octanol–water partition coefficient (Wildman–Crippen LogP) is 2.08. The number of benzene rings is 2. The van der Waals surface area contributed by atoms with Crippen molar-refractivity contribution < 1.29 is 31.5 Å². The van der Waals surface area contributed by atoms with Gasteiger partial charge in [0, 0.05) is 12.6 Å². The van der Waals surface area contributed by atoms with Crippen molar-refractivity contribution in [3.05, 3.63) is 59.2 Å². The molecule has 3 rings (SSSR count). The highest BCUT2D eigenvalue weighted by Gasteiger charge is 2.27. The second-order valence-electron chi connectivity index (χ2n) is 6.18. The summed E-state index contributed by atoms with van der Waals surface area (Å²) in [5.74, 6) is -3.18. The summed E-state index contributed by atoms with van der Waals surface area (Å²) >= 11 is 0. The molecule has 1 amide bonds. The summed E-state index contributed by atoms with van der Waals surface area (Å²) in [6.07, 6.45) is 1.55. The Hall–Kier alpha value is -3.01. The van der Waals surface area contributed by atoms with Gasteiger partial charge in [-0.25, -0.2) is 22.0 Å². The first-order valence-corrected chi connectivity index (χ1v) is 10.0. The maximum Gasteiger partial charge on any atom is 0.338 e. The lowest BCUT2D eigenvalue weighted by molar-refractivity contribution is -0.119. The third-order valence-corrected chi connectivity index (χ3v) is 5.29. The molecule has 0 aromatic heterocycles. The summed E-state index contributed by atoms with van der Waals surface area (Å²) in [5.41, 5.74) is 0.961. The minimum atomic E-state index is -3.40. The topological polar surface area (TPSA) is 92.8 Å². The number of amides is 1.